The zero-order chi connectivity index (χ0) is 21.2. The first-order valence-electron chi connectivity index (χ1n) is 9.58. The van der Waals surface area contributed by atoms with Crippen molar-refractivity contribution in [3.63, 3.8) is 0 Å². The summed E-state index contributed by atoms with van der Waals surface area (Å²) < 4.78 is 4.85. The maximum absolute atomic E-state index is 11.3. The standard InChI is InChI=1S/C26H34O2/c1-7-13-22(3)16-11-17-23(4)14-9-10-15-24(5)18-12-19-25(6)20-21-26(27)28-8-2/h7,9-21H,8H2,1-6H3/b10-9+,13-7+,17-11+,18-12+,21-20+,22-16+,23-14+,24-15+,25-19+. The second-order valence-electron chi connectivity index (χ2n) is 6.33. The maximum atomic E-state index is 11.3. The van der Waals surface area contributed by atoms with Gasteiger partial charge >= 0.3 is 5.97 Å². The quantitative estimate of drug-likeness (QED) is 0.229. The van der Waals surface area contributed by atoms with Gasteiger partial charge in [-0.15, -0.1) is 0 Å². The van der Waals surface area contributed by atoms with Crippen LogP contribution in [0.1, 0.15) is 41.5 Å². The molecule has 28 heavy (non-hydrogen) atoms. The van der Waals surface area contributed by atoms with E-state index in [2.05, 4.69) is 50.3 Å². The van der Waals surface area contributed by atoms with Gasteiger partial charge in [0.15, 0.2) is 0 Å². The zero-order valence-corrected chi connectivity index (χ0v) is 18.1. The second-order valence-corrected chi connectivity index (χ2v) is 6.33. The fourth-order valence-corrected chi connectivity index (χ4v) is 1.99. The molecular weight excluding hydrogens is 344 g/mol. The lowest BCUT2D eigenvalue weighted by Crippen LogP contribution is -1.98. The predicted octanol–water partition coefficient (Wildman–Crippen LogP) is 7.14. The van der Waals surface area contributed by atoms with Crippen LogP contribution in [0.15, 0.2) is 107 Å². The Morgan fingerprint density at radius 3 is 1.54 bits per heavy atom. The smallest absolute Gasteiger partial charge is 0.330 e. The number of hydrogen-bond donors (Lipinski definition) is 0. The van der Waals surface area contributed by atoms with E-state index < -0.39 is 0 Å². The van der Waals surface area contributed by atoms with Crippen molar-refractivity contribution in [2.75, 3.05) is 6.61 Å². The summed E-state index contributed by atoms with van der Waals surface area (Å²) in [4.78, 5) is 11.3. The summed E-state index contributed by atoms with van der Waals surface area (Å²) in [6.45, 7) is 12.3. The summed E-state index contributed by atoms with van der Waals surface area (Å²) >= 11 is 0. The van der Waals surface area contributed by atoms with Gasteiger partial charge in [-0.1, -0.05) is 101 Å². The van der Waals surface area contributed by atoms with Crippen molar-refractivity contribution in [3.8, 4) is 0 Å². The Bertz CT molecular complexity index is 745. The van der Waals surface area contributed by atoms with Crippen molar-refractivity contribution in [2.45, 2.75) is 41.5 Å². The highest BCUT2D eigenvalue weighted by Gasteiger charge is 1.92. The molecule has 0 fully saturated rings. The second kappa shape index (κ2) is 16.3. The molecule has 0 aliphatic carbocycles. The topological polar surface area (TPSA) is 26.3 Å². The van der Waals surface area contributed by atoms with Crippen molar-refractivity contribution in [3.05, 3.63) is 107 Å². The summed E-state index contributed by atoms with van der Waals surface area (Å²) in [5.74, 6) is -0.317. The molecule has 0 bridgehead atoms. The first-order chi connectivity index (χ1) is 13.4. The van der Waals surface area contributed by atoms with E-state index in [1.807, 2.05) is 57.2 Å². The summed E-state index contributed by atoms with van der Waals surface area (Å²) in [6.07, 6.45) is 27.7. The third kappa shape index (κ3) is 15.4. The van der Waals surface area contributed by atoms with E-state index in [1.165, 1.54) is 17.2 Å². The number of ether oxygens (including phenoxy) is 1. The van der Waals surface area contributed by atoms with Crippen LogP contribution < -0.4 is 0 Å². The lowest BCUT2D eigenvalue weighted by Gasteiger charge is -1.94. The Morgan fingerprint density at radius 2 is 1.07 bits per heavy atom. The van der Waals surface area contributed by atoms with E-state index in [0.29, 0.717) is 6.61 Å². The molecule has 0 aromatic rings. The van der Waals surface area contributed by atoms with Crippen LogP contribution in [-0.2, 0) is 9.53 Å². The van der Waals surface area contributed by atoms with Crippen LogP contribution >= 0.6 is 0 Å². The SMILES string of the molecule is C/C=C/C(C)=C/C=C/C(C)=C/C=C/C=C(C)/C=C/C=C(C)/C=C/C(=O)OCC. The number of allylic oxidation sites excluding steroid dienone is 17. The minimum atomic E-state index is -0.317. The normalized spacial score (nSPS) is 15.2. The van der Waals surface area contributed by atoms with Crippen molar-refractivity contribution in [2.24, 2.45) is 0 Å². The fraction of sp³-hybridized carbons (Fsp3) is 0.269. The minimum absolute atomic E-state index is 0.317. The molecule has 0 aromatic heterocycles. The summed E-state index contributed by atoms with van der Waals surface area (Å²) in [7, 11) is 0. The first-order valence-corrected chi connectivity index (χ1v) is 9.58. The molecule has 0 aliphatic heterocycles. The van der Waals surface area contributed by atoms with Crippen molar-refractivity contribution in [1.29, 1.82) is 0 Å². The predicted molar refractivity (Wildman–Crippen MR) is 123 cm³/mol. The molecule has 0 radical (unpaired) electrons. The molecule has 150 valence electrons. The third-order valence-corrected chi connectivity index (χ3v) is 3.46. The van der Waals surface area contributed by atoms with Crippen LogP contribution in [0.2, 0.25) is 0 Å². The van der Waals surface area contributed by atoms with Gasteiger partial charge in [0.2, 0.25) is 0 Å². The Hall–Kier alpha value is -2.87. The molecule has 0 aliphatic rings. The van der Waals surface area contributed by atoms with E-state index in [4.69, 9.17) is 4.74 Å². The average Bonchev–Trinajstić information content (AvgIpc) is 2.64. The molecule has 0 unspecified atom stereocenters. The van der Waals surface area contributed by atoms with Crippen LogP contribution in [0.25, 0.3) is 0 Å². The van der Waals surface area contributed by atoms with E-state index in [-0.39, 0.29) is 5.97 Å². The molecule has 0 saturated carbocycles. The van der Waals surface area contributed by atoms with Gasteiger partial charge in [0.1, 0.15) is 0 Å². The van der Waals surface area contributed by atoms with Crippen molar-refractivity contribution in [1.82, 2.24) is 0 Å². The molecule has 0 rings (SSSR count). The summed E-state index contributed by atoms with van der Waals surface area (Å²) in [5, 5.41) is 0. The van der Waals surface area contributed by atoms with Gasteiger partial charge in [-0.05, 0) is 41.5 Å². The van der Waals surface area contributed by atoms with Crippen LogP contribution in [0.5, 0.6) is 0 Å². The van der Waals surface area contributed by atoms with Gasteiger partial charge in [-0.25, -0.2) is 4.79 Å². The van der Waals surface area contributed by atoms with Crippen molar-refractivity contribution < 1.29 is 9.53 Å². The van der Waals surface area contributed by atoms with Crippen LogP contribution in [0, 0.1) is 0 Å². The lowest BCUT2D eigenvalue weighted by molar-refractivity contribution is -0.137. The largest absolute Gasteiger partial charge is 0.463 e. The van der Waals surface area contributed by atoms with E-state index in [1.54, 1.807) is 13.0 Å². The number of rotatable bonds is 10. The number of esters is 1. The maximum Gasteiger partial charge on any atom is 0.330 e. The Labute approximate surface area is 171 Å². The highest BCUT2D eigenvalue weighted by Crippen LogP contribution is 2.02. The third-order valence-electron chi connectivity index (χ3n) is 3.46. The highest BCUT2D eigenvalue weighted by molar-refractivity contribution is 5.82. The molecular formula is C26H34O2. The number of carbonyl (C=O) groups excluding carboxylic acids is 1. The number of carbonyl (C=O) groups is 1. The summed E-state index contributed by atoms with van der Waals surface area (Å²) in [5.41, 5.74) is 4.54. The van der Waals surface area contributed by atoms with E-state index in [9.17, 15) is 4.79 Å². The van der Waals surface area contributed by atoms with Gasteiger partial charge in [0.05, 0.1) is 6.61 Å². The van der Waals surface area contributed by atoms with Gasteiger partial charge in [0.25, 0.3) is 0 Å². The van der Waals surface area contributed by atoms with Gasteiger partial charge in [0, 0.05) is 6.08 Å². The molecule has 0 aromatic carbocycles. The van der Waals surface area contributed by atoms with Crippen LogP contribution in [-0.4, -0.2) is 12.6 Å². The zero-order valence-electron chi connectivity index (χ0n) is 18.1. The molecule has 0 N–H and O–H groups in total. The Balaban J connectivity index is 4.62. The average molecular weight is 379 g/mol. The fourth-order valence-electron chi connectivity index (χ4n) is 1.99. The molecule has 0 heterocycles. The van der Waals surface area contributed by atoms with Gasteiger partial charge < -0.3 is 4.74 Å². The molecule has 0 spiro atoms. The molecule has 2 heteroatoms. The van der Waals surface area contributed by atoms with E-state index in [0.717, 1.165) is 11.1 Å². The minimum Gasteiger partial charge on any atom is -0.463 e. The van der Waals surface area contributed by atoms with Gasteiger partial charge in [-0.2, -0.15) is 0 Å². The summed E-state index contributed by atoms with van der Waals surface area (Å²) in [6, 6.07) is 0. The van der Waals surface area contributed by atoms with Crippen molar-refractivity contribution >= 4 is 5.97 Å². The Kier molecular flexibility index (Phi) is 14.6. The monoisotopic (exact) mass is 378 g/mol. The van der Waals surface area contributed by atoms with Gasteiger partial charge in [-0.3, -0.25) is 0 Å². The first kappa shape index (κ1) is 25.1. The molecule has 0 atom stereocenters. The van der Waals surface area contributed by atoms with Crippen LogP contribution in [0.3, 0.4) is 0 Å². The lowest BCUT2D eigenvalue weighted by atomic mass is 10.2. The molecule has 0 saturated heterocycles. The molecule has 0 amide bonds. The highest BCUT2D eigenvalue weighted by atomic mass is 16.5. The number of hydrogen-bond acceptors (Lipinski definition) is 2. The van der Waals surface area contributed by atoms with E-state index >= 15 is 0 Å². The van der Waals surface area contributed by atoms with Crippen LogP contribution in [0.4, 0.5) is 0 Å². The molecule has 2 nitrogen and oxygen atoms in total. The Morgan fingerprint density at radius 1 is 0.643 bits per heavy atom.